The van der Waals surface area contributed by atoms with Gasteiger partial charge in [-0.25, -0.2) is 13.8 Å². The van der Waals surface area contributed by atoms with Gasteiger partial charge in [0.1, 0.15) is 17.9 Å². The Morgan fingerprint density at radius 3 is 2.44 bits per heavy atom. The molecule has 0 saturated carbocycles. The van der Waals surface area contributed by atoms with Gasteiger partial charge in [-0.2, -0.15) is 15.1 Å². The fraction of sp³-hybridized carbons (Fsp3) is 0.125. The first-order chi connectivity index (χ1) is 16.4. The average molecular weight is 588 g/mol. The first-order valence-corrected chi connectivity index (χ1v) is 12.7. The molecule has 174 valence electrons. The van der Waals surface area contributed by atoms with Gasteiger partial charge in [-0.3, -0.25) is 4.79 Å². The predicted molar refractivity (Wildman–Crippen MR) is 137 cm³/mol. The monoisotopic (exact) mass is 588 g/mol. The van der Waals surface area contributed by atoms with Crippen LogP contribution in [-0.2, 0) is 21.2 Å². The van der Waals surface area contributed by atoms with Crippen molar-refractivity contribution in [2.24, 2.45) is 5.10 Å². The highest BCUT2D eigenvalue weighted by atomic mass is 127. The number of carbonyl (C=O) groups excluding carboxylic acids is 1. The molecule has 3 aromatic rings. The van der Waals surface area contributed by atoms with Crippen molar-refractivity contribution < 1.29 is 17.9 Å². The number of sulfonamides is 1. The molecule has 2 N–H and O–H groups in total. The van der Waals surface area contributed by atoms with Crippen molar-refractivity contribution in [3.63, 3.8) is 0 Å². The molecule has 0 heterocycles. The SMILES string of the molecule is N#CCOc1ccccc1/C=N\NC(=O)[C@@H](Cc1ccccc1)NS(=O)(=O)c1ccc(I)cc1. The fourth-order valence-electron chi connectivity index (χ4n) is 2.98. The van der Waals surface area contributed by atoms with E-state index in [2.05, 4.69) is 37.8 Å². The zero-order valence-electron chi connectivity index (χ0n) is 17.9. The van der Waals surface area contributed by atoms with Crippen molar-refractivity contribution in [3.8, 4) is 11.8 Å². The number of nitrogens with one attached hydrogen (secondary N) is 2. The zero-order chi connectivity index (χ0) is 24.4. The highest BCUT2D eigenvalue weighted by molar-refractivity contribution is 14.1. The lowest BCUT2D eigenvalue weighted by atomic mass is 10.1. The maximum absolute atomic E-state index is 12.9. The lowest BCUT2D eigenvalue weighted by Gasteiger charge is -2.17. The zero-order valence-corrected chi connectivity index (χ0v) is 20.9. The summed E-state index contributed by atoms with van der Waals surface area (Å²) in [5, 5.41) is 12.7. The molecular weight excluding hydrogens is 567 g/mol. The number of ether oxygens (including phenoxy) is 1. The average Bonchev–Trinajstić information content (AvgIpc) is 2.83. The maximum atomic E-state index is 12.9. The van der Waals surface area contributed by atoms with Gasteiger partial charge in [0.15, 0.2) is 6.61 Å². The number of hydrogen-bond donors (Lipinski definition) is 2. The van der Waals surface area contributed by atoms with Gasteiger partial charge in [0.2, 0.25) is 10.0 Å². The maximum Gasteiger partial charge on any atom is 0.258 e. The highest BCUT2D eigenvalue weighted by Gasteiger charge is 2.26. The Morgan fingerprint density at radius 1 is 1.06 bits per heavy atom. The Bertz CT molecular complexity index is 1290. The lowest BCUT2D eigenvalue weighted by Crippen LogP contribution is -2.46. The Morgan fingerprint density at radius 2 is 1.74 bits per heavy atom. The van der Waals surface area contributed by atoms with Gasteiger partial charge in [0.25, 0.3) is 5.91 Å². The van der Waals surface area contributed by atoms with E-state index in [4.69, 9.17) is 10.00 Å². The summed E-state index contributed by atoms with van der Waals surface area (Å²) in [5.41, 5.74) is 3.74. The molecule has 10 heteroatoms. The largest absolute Gasteiger partial charge is 0.478 e. The van der Waals surface area contributed by atoms with Crippen LogP contribution in [0.3, 0.4) is 0 Å². The van der Waals surface area contributed by atoms with Crippen molar-refractivity contribution in [2.75, 3.05) is 6.61 Å². The number of amides is 1. The summed E-state index contributed by atoms with van der Waals surface area (Å²) in [6.45, 7) is -0.128. The van der Waals surface area contributed by atoms with Crippen LogP contribution in [0.4, 0.5) is 0 Å². The van der Waals surface area contributed by atoms with Crippen LogP contribution in [0.1, 0.15) is 11.1 Å². The van der Waals surface area contributed by atoms with Gasteiger partial charge in [0, 0.05) is 9.13 Å². The summed E-state index contributed by atoms with van der Waals surface area (Å²) in [6, 6.07) is 23.1. The highest BCUT2D eigenvalue weighted by Crippen LogP contribution is 2.16. The molecule has 0 aliphatic carbocycles. The molecule has 3 rings (SSSR count). The van der Waals surface area contributed by atoms with Crippen LogP contribution in [0.5, 0.6) is 5.75 Å². The second-order valence-corrected chi connectivity index (χ2v) is 10.00. The molecule has 1 amide bonds. The van der Waals surface area contributed by atoms with E-state index < -0.39 is 22.0 Å². The molecule has 0 radical (unpaired) electrons. The molecule has 1 atom stereocenters. The minimum atomic E-state index is -3.95. The van der Waals surface area contributed by atoms with Crippen LogP contribution in [0.15, 0.2) is 88.9 Å². The van der Waals surface area contributed by atoms with Crippen LogP contribution in [0.25, 0.3) is 0 Å². The number of rotatable bonds is 10. The number of carbonyl (C=O) groups is 1. The second-order valence-electron chi connectivity index (χ2n) is 7.04. The molecule has 0 unspecified atom stereocenters. The van der Waals surface area contributed by atoms with Crippen LogP contribution >= 0.6 is 22.6 Å². The number of nitrogens with zero attached hydrogens (tertiary/aromatic N) is 2. The van der Waals surface area contributed by atoms with Crippen molar-refractivity contribution in [3.05, 3.63) is 93.6 Å². The first-order valence-electron chi connectivity index (χ1n) is 10.1. The Hall–Kier alpha value is -3.27. The fourth-order valence-corrected chi connectivity index (χ4v) is 4.53. The molecule has 0 spiro atoms. The van der Waals surface area contributed by atoms with Gasteiger partial charge in [0.05, 0.1) is 11.1 Å². The van der Waals surface area contributed by atoms with E-state index in [0.717, 1.165) is 9.13 Å². The van der Waals surface area contributed by atoms with E-state index in [0.29, 0.717) is 11.3 Å². The Balaban J connectivity index is 1.78. The molecule has 3 aromatic carbocycles. The van der Waals surface area contributed by atoms with Crippen LogP contribution in [0.2, 0.25) is 0 Å². The number of hydrogen-bond acceptors (Lipinski definition) is 6. The third-order valence-electron chi connectivity index (χ3n) is 4.61. The normalized spacial score (nSPS) is 12.1. The van der Waals surface area contributed by atoms with Crippen molar-refractivity contribution in [1.29, 1.82) is 5.26 Å². The van der Waals surface area contributed by atoms with Gasteiger partial charge in [-0.1, -0.05) is 42.5 Å². The van der Waals surface area contributed by atoms with E-state index in [-0.39, 0.29) is 17.9 Å². The second kappa shape index (κ2) is 12.3. The number of hydrazone groups is 1. The minimum absolute atomic E-state index is 0.0610. The molecule has 0 fully saturated rings. The van der Waals surface area contributed by atoms with Gasteiger partial charge >= 0.3 is 0 Å². The molecule has 0 aliphatic heterocycles. The van der Waals surface area contributed by atoms with Gasteiger partial charge < -0.3 is 4.74 Å². The van der Waals surface area contributed by atoms with Gasteiger partial charge in [-0.05, 0) is 71.0 Å². The first kappa shape index (κ1) is 25.4. The smallest absolute Gasteiger partial charge is 0.258 e. The molecular formula is C24H21IN4O4S. The number of halogens is 1. The van der Waals surface area contributed by atoms with E-state index in [1.807, 2.05) is 36.4 Å². The summed E-state index contributed by atoms with van der Waals surface area (Å²) in [5.74, 6) is -0.188. The molecule has 8 nitrogen and oxygen atoms in total. The van der Waals surface area contributed by atoms with E-state index in [1.165, 1.54) is 18.3 Å². The number of benzene rings is 3. The molecule has 34 heavy (non-hydrogen) atoms. The summed E-state index contributed by atoms with van der Waals surface area (Å²) >= 11 is 2.09. The third-order valence-corrected chi connectivity index (χ3v) is 6.82. The molecule has 0 bridgehead atoms. The van der Waals surface area contributed by atoms with Gasteiger partial charge in [-0.15, -0.1) is 0 Å². The number of para-hydroxylation sites is 1. The van der Waals surface area contributed by atoms with Crippen molar-refractivity contribution in [2.45, 2.75) is 17.4 Å². The van der Waals surface area contributed by atoms with Crippen LogP contribution in [0, 0.1) is 14.9 Å². The van der Waals surface area contributed by atoms with Crippen LogP contribution in [-0.4, -0.2) is 33.2 Å². The van der Waals surface area contributed by atoms with Crippen molar-refractivity contribution >= 4 is 44.7 Å². The summed E-state index contributed by atoms with van der Waals surface area (Å²) in [4.78, 5) is 13.0. The Labute approximate surface area is 211 Å². The quantitative estimate of drug-likeness (QED) is 0.214. The minimum Gasteiger partial charge on any atom is -0.478 e. The lowest BCUT2D eigenvalue weighted by molar-refractivity contribution is -0.122. The molecule has 0 aliphatic rings. The van der Waals surface area contributed by atoms with Crippen molar-refractivity contribution in [1.82, 2.24) is 10.1 Å². The summed E-state index contributed by atoms with van der Waals surface area (Å²) in [6.07, 6.45) is 1.51. The van der Waals surface area contributed by atoms with E-state index in [9.17, 15) is 13.2 Å². The predicted octanol–water partition coefficient (Wildman–Crippen LogP) is 3.23. The third kappa shape index (κ3) is 7.38. The number of nitriles is 1. The standard InChI is InChI=1S/C24H21IN4O4S/c25-20-10-12-21(13-11-20)34(31,32)29-22(16-18-6-2-1-3-7-18)24(30)28-27-17-19-8-4-5-9-23(19)33-15-14-26/h1-13,17,22,29H,15-16H2,(H,28,30)/b27-17-/t22-/m1/s1. The Kier molecular flexibility index (Phi) is 9.15. The van der Waals surface area contributed by atoms with Crippen LogP contribution < -0.4 is 14.9 Å². The summed E-state index contributed by atoms with van der Waals surface area (Å²) in [7, 11) is -3.95. The van der Waals surface area contributed by atoms with E-state index in [1.54, 1.807) is 36.4 Å². The summed E-state index contributed by atoms with van der Waals surface area (Å²) < 4.78 is 34.5. The molecule has 0 saturated heterocycles. The van der Waals surface area contributed by atoms with E-state index >= 15 is 0 Å². The molecule has 0 aromatic heterocycles. The topological polar surface area (TPSA) is 121 Å².